The maximum absolute atomic E-state index is 12.0. The first-order valence-electron chi connectivity index (χ1n) is 7.58. The van der Waals surface area contributed by atoms with Crippen LogP contribution >= 0.6 is 23.1 Å². The Labute approximate surface area is 139 Å². The summed E-state index contributed by atoms with van der Waals surface area (Å²) in [5.41, 5.74) is 0. The summed E-state index contributed by atoms with van der Waals surface area (Å²) in [4.78, 5) is 13.1. The summed E-state index contributed by atoms with van der Waals surface area (Å²) >= 11 is 3.09. The van der Waals surface area contributed by atoms with Crippen molar-refractivity contribution in [3.05, 3.63) is 17.5 Å². The second kappa shape index (κ2) is 8.33. The molecule has 1 amide bonds. The van der Waals surface area contributed by atoms with Gasteiger partial charge < -0.3 is 9.88 Å². The van der Waals surface area contributed by atoms with Crippen LogP contribution in [0.5, 0.6) is 0 Å². The highest BCUT2D eigenvalue weighted by Crippen LogP contribution is 2.26. The van der Waals surface area contributed by atoms with E-state index in [0.29, 0.717) is 5.75 Å². The smallest absolute Gasteiger partial charge is 0.230 e. The van der Waals surface area contributed by atoms with E-state index in [2.05, 4.69) is 40.9 Å². The van der Waals surface area contributed by atoms with Gasteiger partial charge in [0.15, 0.2) is 11.0 Å². The number of nitrogens with one attached hydrogen (secondary N) is 1. The number of thiophene rings is 1. The summed E-state index contributed by atoms with van der Waals surface area (Å²) in [6, 6.07) is 4.30. The number of rotatable bonds is 8. The minimum absolute atomic E-state index is 0.0574. The van der Waals surface area contributed by atoms with Crippen molar-refractivity contribution in [1.82, 2.24) is 20.1 Å². The number of aromatic nitrogens is 3. The molecule has 2 heterocycles. The van der Waals surface area contributed by atoms with Crippen molar-refractivity contribution in [2.24, 2.45) is 0 Å². The van der Waals surface area contributed by atoms with Gasteiger partial charge in [-0.15, -0.1) is 21.5 Å². The average molecular weight is 339 g/mol. The van der Waals surface area contributed by atoms with Crippen molar-refractivity contribution >= 4 is 29.0 Å². The monoisotopic (exact) mass is 338 g/mol. The van der Waals surface area contributed by atoms with Crippen molar-refractivity contribution in [3.8, 4) is 10.7 Å². The molecule has 0 atom stereocenters. The zero-order valence-electron chi connectivity index (χ0n) is 13.2. The largest absolute Gasteiger partial charge is 0.353 e. The zero-order valence-corrected chi connectivity index (χ0v) is 14.8. The molecule has 0 bridgehead atoms. The lowest BCUT2D eigenvalue weighted by atomic mass is 10.2. The molecule has 0 saturated carbocycles. The third-order valence-corrected chi connectivity index (χ3v) is 5.29. The zero-order chi connectivity index (χ0) is 15.9. The number of amides is 1. The number of hydrogen-bond donors (Lipinski definition) is 1. The van der Waals surface area contributed by atoms with Gasteiger partial charge in [0.2, 0.25) is 5.91 Å². The highest BCUT2D eigenvalue weighted by molar-refractivity contribution is 7.99. The summed E-state index contributed by atoms with van der Waals surface area (Å²) in [6.07, 6.45) is 1.92. The Morgan fingerprint density at radius 3 is 2.73 bits per heavy atom. The average Bonchev–Trinajstić information content (AvgIpc) is 3.18. The third kappa shape index (κ3) is 4.10. The van der Waals surface area contributed by atoms with Gasteiger partial charge in [-0.3, -0.25) is 4.79 Å². The standard InChI is InChI=1S/C15H22N4OS2/c1-4-11(5-2)16-13(20)10-22-15-18-17-14(19(15)6-3)12-8-7-9-21-12/h7-9,11H,4-6,10H2,1-3H3,(H,16,20). The van der Waals surface area contributed by atoms with Gasteiger partial charge in [0.25, 0.3) is 0 Å². The summed E-state index contributed by atoms with van der Waals surface area (Å²) in [7, 11) is 0. The predicted molar refractivity (Wildman–Crippen MR) is 92.2 cm³/mol. The molecule has 22 heavy (non-hydrogen) atoms. The Morgan fingerprint density at radius 2 is 2.14 bits per heavy atom. The number of hydrogen-bond acceptors (Lipinski definition) is 5. The molecule has 1 N–H and O–H groups in total. The normalized spacial score (nSPS) is 11.1. The first-order valence-corrected chi connectivity index (χ1v) is 9.45. The summed E-state index contributed by atoms with van der Waals surface area (Å²) in [5.74, 6) is 1.31. The molecule has 120 valence electrons. The molecule has 0 unspecified atom stereocenters. The van der Waals surface area contributed by atoms with Crippen LogP contribution in [0.15, 0.2) is 22.7 Å². The lowest BCUT2D eigenvalue weighted by molar-refractivity contribution is -0.119. The third-order valence-electron chi connectivity index (χ3n) is 3.46. The van der Waals surface area contributed by atoms with Crippen LogP contribution in [0.2, 0.25) is 0 Å². The van der Waals surface area contributed by atoms with Crippen molar-refractivity contribution in [1.29, 1.82) is 0 Å². The SMILES string of the molecule is CCC(CC)NC(=O)CSc1nnc(-c2cccs2)n1CC. The Balaban J connectivity index is 2.00. The van der Waals surface area contributed by atoms with Crippen LogP contribution in [-0.4, -0.2) is 32.5 Å². The maximum Gasteiger partial charge on any atom is 0.230 e. The topological polar surface area (TPSA) is 59.8 Å². The van der Waals surface area contributed by atoms with E-state index in [-0.39, 0.29) is 11.9 Å². The Bertz CT molecular complexity index is 591. The van der Waals surface area contributed by atoms with E-state index in [0.717, 1.165) is 35.2 Å². The van der Waals surface area contributed by atoms with E-state index in [1.807, 2.05) is 17.5 Å². The minimum atomic E-state index is 0.0574. The molecule has 5 nitrogen and oxygen atoms in total. The van der Waals surface area contributed by atoms with Gasteiger partial charge in [0.05, 0.1) is 10.6 Å². The molecule has 7 heteroatoms. The fourth-order valence-electron chi connectivity index (χ4n) is 2.16. The number of nitrogens with zero attached hydrogens (tertiary/aromatic N) is 3. The molecule has 0 aromatic carbocycles. The first-order chi connectivity index (χ1) is 10.7. The van der Waals surface area contributed by atoms with E-state index < -0.39 is 0 Å². The fraction of sp³-hybridized carbons (Fsp3) is 0.533. The molecule has 0 aliphatic rings. The lowest BCUT2D eigenvalue weighted by Gasteiger charge is -2.14. The van der Waals surface area contributed by atoms with Crippen LogP contribution in [0.25, 0.3) is 10.7 Å². The predicted octanol–water partition coefficient (Wildman–Crippen LogP) is 3.42. The van der Waals surface area contributed by atoms with Crippen LogP contribution in [0.4, 0.5) is 0 Å². The molecule has 0 radical (unpaired) electrons. The van der Waals surface area contributed by atoms with Crippen LogP contribution in [0.3, 0.4) is 0 Å². The molecule has 0 aliphatic heterocycles. The van der Waals surface area contributed by atoms with Crippen molar-refractivity contribution in [3.63, 3.8) is 0 Å². The maximum atomic E-state index is 12.0. The summed E-state index contributed by atoms with van der Waals surface area (Å²) in [5, 5.41) is 14.4. The van der Waals surface area contributed by atoms with Crippen LogP contribution in [-0.2, 0) is 11.3 Å². The molecule has 0 fully saturated rings. The molecule has 0 saturated heterocycles. The Hall–Kier alpha value is -1.34. The van der Waals surface area contributed by atoms with Crippen molar-refractivity contribution in [2.45, 2.75) is 51.4 Å². The van der Waals surface area contributed by atoms with Crippen molar-refractivity contribution < 1.29 is 4.79 Å². The summed E-state index contributed by atoms with van der Waals surface area (Å²) < 4.78 is 2.06. The van der Waals surface area contributed by atoms with Gasteiger partial charge in [-0.1, -0.05) is 31.7 Å². The number of carbonyl (C=O) groups is 1. The highest BCUT2D eigenvalue weighted by Gasteiger charge is 2.15. The van der Waals surface area contributed by atoms with E-state index >= 15 is 0 Å². The fourth-order valence-corrected chi connectivity index (χ4v) is 3.69. The Morgan fingerprint density at radius 1 is 1.36 bits per heavy atom. The second-order valence-electron chi connectivity index (χ2n) is 4.90. The second-order valence-corrected chi connectivity index (χ2v) is 6.79. The minimum Gasteiger partial charge on any atom is -0.353 e. The van der Waals surface area contributed by atoms with Gasteiger partial charge in [-0.2, -0.15) is 0 Å². The molecule has 2 rings (SSSR count). The van der Waals surface area contributed by atoms with Gasteiger partial charge in [-0.05, 0) is 31.2 Å². The number of thioether (sulfide) groups is 1. The molecular formula is C15H22N4OS2. The number of carbonyl (C=O) groups excluding carboxylic acids is 1. The van der Waals surface area contributed by atoms with Crippen molar-refractivity contribution in [2.75, 3.05) is 5.75 Å². The molecule has 2 aromatic rings. The van der Waals surface area contributed by atoms with Crippen LogP contribution < -0.4 is 5.32 Å². The lowest BCUT2D eigenvalue weighted by Crippen LogP contribution is -2.35. The van der Waals surface area contributed by atoms with Crippen LogP contribution in [0, 0.1) is 0 Å². The first kappa shape index (κ1) is 17.0. The van der Waals surface area contributed by atoms with Crippen LogP contribution in [0.1, 0.15) is 33.6 Å². The van der Waals surface area contributed by atoms with E-state index in [4.69, 9.17) is 0 Å². The van der Waals surface area contributed by atoms with E-state index in [1.165, 1.54) is 11.8 Å². The molecular weight excluding hydrogens is 316 g/mol. The van der Waals surface area contributed by atoms with Gasteiger partial charge >= 0.3 is 0 Å². The molecule has 0 aliphatic carbocycles. The van der Waals surface area contributed by atoms with E-state index in [9.17, 15) is 4.79 Å². The van der Waals surface area contributed by atoms with Gasteiger partial charge in [0.1, 0.15) is 0 Å². The van der Waals surface area contributed by atoms with Gasteiger partial charge in [0, 0.05) is 12.6 Å². The molecule has 2 aromatic heterocycles. The Kier molecular flexibility index (Phi) is 6.45. The van der Waals surface area contributed by atoms with Gasteiger partial charge in [-0.25, -0.2) is 0 Å². The quantitative estimate of drug-likeness (QED) is 0.749. The summed E-state index contributed by atoms with van der Waals surface area (Å²) in [6.45, 7) is 7.02. The van der Waals surface area contributed by atoms with E-state index in [1.54, 1.807) is 11.3 Å². The highest BCUT2D eigenvalue weighted by atomic mass is 32.2. The molecule has 0 spiro atoms.